The number of phenolic OH excluding ortho intramolecular Hbond substituents is 1. The van der Waals surface area contributed by atoms with E-state index in [-0.39, 0.29) is 22.0 Å². The highest BCUT2D eigenvalue weighted by Gasteiger charge is 2.20. The number of ether oxygens (including phenoxy) is 1. The van der Waals surface area contributed by atoms with Crippen molar-refractivity contribution in [3.05, 3.63) is 48.0 Å². The summed E-state index contributed by atoms with van der Waals surface area (Å²) in [5.41, 5.74) is 0.236. The Morgan fingerprint density at radius 1 is 0.960 bits per heavy atom. The van der Waals surface area contributed by atoms with Crippen LogP contribution in [-0.2, 0) is 16.5 Å². The molecule has 5 nitrogen and oxygen atoms in total. The second-order valence-corrected chi connectivity index (χ2v) is 7.36. The van der Waals surface area contributed by atoms with Gasteiger partial charge in [-0.3, -0.25) is 4.55 Å². The van der Waals surface area contributed by atoms with Crippen molar-refractivity contribution in [2.45, 2.75) is 50.3 Å². The van der Waals surface area contributed by atoms with E-state index in [0.717, 1.165) is 32.1 Å². The van der Waals surface area contributed by atoms with Gasteiger partial charge in [0.25, 0.3) is 10.1 Å². The van der Waals surface area contributed by atoms with Crippen LogP contribution in [0, 0.1) is 0 Å². The second kappa shape index (κ2) is 8.87. The Balaban J connectivity index is 2.24. The van der Waals surface area contributed by atoms with Crippen LogP contribution in [0.1, 0.15) is 44.6 Å². The van der Waals surface area contributed by atoms with E-state index in [1.54, 1.807) is 24.3 Å². The van der Waals surface area contributed by atoms with Gasteiger partial charge in [-0.2, -0.15) is 8.42 Å². The molecule has 0 unspecified atom stereocenters. The van der Waals surface area contributed by atoms with Crippen molar-refractivity contribution in [3.63, 3.8) is 0 Å². The maximum Gasteiger partial charge on any atom is 0.295 e. The number of para-hydroxylation sites is 1. The van der Waals surface area contributed by atoms with Crippen molar-refractivity contribution in [1.29, 1.82) is 0 Å². The molecular weight excluding hydrogens is 340 g/mol. The first-order chi connectivity index (χ1) is 11.9. The summed E-state index contributed by atoms with van der Waals surface area (Å²) in [6.07, 6.45) is 5.38. The Hall–Kier alpha value is -2.05. The number of rotatable bonds is 9. The molecule has 25 heavy (non-hydrogen) atoms. The summed E-state index contributed by atoms with van der Waals surface area (Å²) >= 11 is 0. The molecule has 2 aromatic rings. The minimum atomic E-state index is -4.46. The molecule has 0 spiro atoms. The van der Waals surface area contributed by atoms with E-state index in [4.69, 9.17) is 4.74 Å². The molecule has 0 bridgehead atoms. The van der Waals surface area contributed by atoms with E-state index >= 15 is 0 Å². The third-order valence-electron chi connectivity index (χ3n) is 3.95. The van der Waals surface area contributed by atoms with Gasteiger partial charge in [0.2, 0.25) is 0 Å². The Morgan fingerprint density at radius 2 is 1.64 bits per heavy atom. The quantitative estimate of drug-likeness (QED) is 0.486. The molecule has 2 aromatic carbocycles. The Kier molecular flexibility index (Phi) is 6.84. The van der Waals surface area contributed by atoms with Gasteiger partial charge in [0.15, 0.2) is 0 Å². The zero-order chi connectivity index (χ0) is 18.3. The summed E-state index contributed by atoms with van der Waals surface area (Å²) in [5.74, 6) is 0.484. The second-order valence-electron chi connectivity index (χ2n) is 5.97. The molecule has 0 aliphatic heterocycles. The zero-order valence-corrected chi connectivity index (χ0v) is 15.1. The van der Waals surface area contributed by atoms with Crippen LogP contribution in [0.15, 0.2) is 47.4 Å². The molecule has 0 aromatic heterocycles. The average Bonchev–Trinajstić information content (AvgIpc) is 2.56. The Morgan fingerprint density at radius 3 is 2.28 bits per heavy atom. The first-order valence-electron chi connectivity index (χ1n) is 8.48. The lowest BCUT2D eigenvalue weighted by Crippen LogP contribution is -2.04. The smallest absolute Gasteiger partial charge is 0.295 e. The first kappa shape index (κ1) is 19.3. The molecule has 0 radical (unpaired) electrons. The highest BCUT2D eigenvalue weighted by molar-refractivity contribution is 7.85. The highest BCUT2D eigenvalue weighted by Crippen LogP contribution is 2.34. The van der Waals surface area contributed by atoms with Crippen molar-refractivity contribution in [3.8, 4) is 17.2 Å². The molecule has 0 amide bonds. The van der Waals surface area contributed by atoms with Crippen molar-refractivity contribution in [2.75, 3.05) is 0 Å². The number of unbranched alkanes of at least 4 members (excludes halogenated alkanes) is 4. The fraction of sp³-hybridized carbons (Fsp3) is 0.368. The summed E-state index contributed by atoms with van der Waals surface area (Å²) in [4.78, 5) is -0.297. The fourth-order valence-corrected chi connectivity index (χ4v) is 3.46. The zero-order valence-electron chi connectivity index (χ0n) is 14.3. The van der Waals surface area contributed by atoms with Gasteiger partial charge >= 0.3 is 0 Å². The standard InChI is InChI=1S/C19H24O5S/c1-2-3-4-5-9-12-17-18(20)13-16(14-19(17)25(21,22)23)24-15-10-7-6-8-11-15/h6-8,10-11,13-14,20H,2-5,9,12H2,1H3,(H,21,22,23). The van der Waals surface area contributed by atoms with Gasteiger partial charge in [-0.1, -0.05) is 50.8 Å². The summed E-state index contributed by atoms with van der Waals surface area (Å²) < 4.78 is 38.6. The molecule has 0 atom stereocenters. The number of phenols is 1. The van der Waals surface area contributed by atoms with E-state index in [1.807, 2.05) is 6.07 Å². The van der Waals surface area contributed by atoms with Crippen molar-refractivity contribution in [1.82, 2.24) is 0 Å². The molecule has 0 saturated carbocycles. The molecule has 136 valence electrons. The maximum absolute atomic E-state index is 11.7. The largest absolute Gasteiger partial charge is 0.507 e. The molecule has 0 aliphatic rings. The number of aromatic hydroxyl groups is 1. The van der Waals surface area contributed by atoms with Crippen molar-refractivity contribution >= 4 is 10.1 Å². The van der Waals surface area contributed by atoms with Gasteiger partial charge < -0.3 is 9.84 Å². The molecule has 0 fully saturated rings. The predicted octanol–water partition coefficient (Wildman–Crippen LogP) is 4.94. The lowest BCUT2D eigenvalue weighted by Gasteiger charge is -2.13. The van der Waals surface area contributed by atoms with Gasteiger partial charge in [-0.15, -0.1) is 0 Å². The van der Waals surface area contributed by atoms with E-state index in [1.165, 1.54) is 12.1 Å². The third kappa shape index (κ3) is 5.76. The van der Waals surface area contributed by atoms with Gasteiger partial charge in [-0.05, 0) is 25.0 Å². The van der Waals surface area contributed by atoms with Gasteiger partial charge in [-0.25, -0.2) is 0 Å². The molecule has 6 heteroatoms. The normalized spacial score (nSPS) is 11.4. The van der Waals surface area contributed by atoms with Gasteiger partial charge in [0.1, 0.15) is 22.1 Å². The Labute approximate surface area is 149 Å². The lowest BCUT2D eigenvalue weighted by molar-refractivity contribution is 0.438. The van der Waals surface area contributed by atoms with Crippen LogP contribution in [0.5, 0.6) is 17.2 Å². The van der Waals surface area contributed by atoms with Crippen LogP contribution in [0.2, 0.25) is 0 Å². The van der Waals surface area contributed by atoms with Crippen LogP contribution in [0.4, 0.5) is 0 Å². The maximum atomic E-state index is 11.7. The first-order valence-corrected chi connectivity index (χ1v) is 9.92. The molecule has 2 N–H and O–H groups in total. The van der Waals surface area contributed by atoms with Crippen LogP contribution in [0.3, 0.4) is 0 Å². The number of benzene rings is 2. The van der Waals surface area contributed by atoms with E-state index in [0.29, 0.717) is 12.2 Å². The average molecular weight is 364 g/mol. The van der Waals surface area contributed by atoms with Crippen LogP contribution >= 0.6 is 0 Å². The minimum absolute atomic E-state index is 0.158. The lowest BCUT2D eigenvalue weighted by atomic mass is 10.0. The van der Waals surface area contributed by atoms with Crippen LogP contribution in [-0.4, -0.2) is 18.1 Å². The summed E-state index contributed by atoms with van der Waals surface area (Å²) in [6, 6.07) is 11.5. The number of hydrogen-bond donors (Lipinski definition) is 2. The van der Waals surface area contributed by atoms with E-state index in [9.17, 15) is 18.1 Å². The topological polar surface area (TPSA) is 83.8 Å². The molecular formula is C19H24O5S. The fourth-order valence-electron chi connectivity index (χ4n) is 2.68. The highest BCUT2D eigenvalue weighted by atomic mass is 32.2. The molecule has 0 aliphatic carbocycles. The minimum Gasteiger partial charge on any atom is -0.507 e. The van der Waals surface area contributed by atoms with E-state index < -0.39 is 10.1 Å². The van der Waals surface area contributed by atoms with Gasteiger partial charge in [0.05, 0.1) is 0 Å². The number of hydrogen-bond acceptors (Lipinski definition) is 4. The van der Waals surface area contributed by atoms with Crippen molar-refractivity contribution < 1.29 is 22.8 Å². The van der Waals surface area contributed by atoms with Crippen LogP contribution in [0.25, 0.3) is 0 Å². The van der Waals surface area contributed by atoms with Gasteiger partial charge in [0, 0.05) is 17.7 Å². The predicted molar refractivity (Wildman–Crippen MR) is 96.9 cm³/mol. The summed E-state index contributed by atoms with van der Waals surface area (Å²) in [6.45, 7) is 2.12. The third-order valence-corrected chi connectivity index (χ3v) is 4.87. The molecule has 0 saturated heterocycles. The van der Waals surface area contributed by atoms with Crippen LogP contribution < -0.4 is 4.74 Å². The Bertz CT molecular complexity index is 785. The summed E-state index contributed by atoms with van der Waals surface area (Å²) in [5, 5.41) is 10.3. The molecule has 0 heterocycles. The monoisotopic (exact) mass is 364 g/mol. The SMILES string of the molecule is CCCCCCCc1c(O)cc(Oc2ccccc2)cc1S(=O)(=O)O. The summed E-state index contributed by atoms with van der Waals surface area (Å²) in [7, 11) is -4.46. The van der Waals surface area contributed by atoms with Crippen molar-refractivity contribution in [2.24, 2.45) is 0 Å². The molecule has 2 rings (SSSR count). The van der Waals surface area contributed by atoms with E-state index in [2.05, 4.69) is 6.92 Å².